The molecule has 4 rings (SSSR count). The van der Waals surface area contributed by atoms with E-state index in [2.05, 4.69) is 91.6 Å². The van der Waals surface area contributed by atoms with Crippen molar-refractivity contribution in [1.82, 2.24) is 5.32 Å². The molecule has 1 aliphatic rings. The van der Waals surface area contributed by atoms with Crippen LogP contribution in [0.15, 0.2) is 84.9 Å². The SMILES string of the molecule is C=C1CCC(Cc2ccc(Cc3ccc(Cc4ccc(CC)cc4)cc3)cc2)NC1. The summed E-state index contributed by atoms with van der Waals surface area (Å²) in [5, 5.41) is 3.60. The molecular weight excluding hydrogens is 362 g/mol. The Kier molecular flexibility index (Phi) is 6.81. The smallest absolute Gasteiger partial charge is 0.0164 e. The molecule has 1 unspecified atom stereocenters. The Bertz CT molecular complexity index is 939. The highest BCUT2D eigenvalue weighted by Gasteiger charge is 2.14. The van der Waals surface area contributed by atoms with Crippen molar-refractivity contribution in [3.63, 3.8) is 0 Å². The van der Waals surface area contributed by atoms with Crippen LogP contribution in [0.5, 0.6) is 0 Å². The van der Waals surface area contributed by atoms with Crippen molar-refractivity contribution in [1.29, 1.82) is 0 Å². The van der Waals surface area contributed by atoms with Crippen LogP contribution in [0.3, 0.4) is 0 Å². The zero-order valence-corrected chi connectivity index (χ0v) is 18.2. The van der Waals surface area contributed by atoms with E-state index in [9.17, 15) is 0 Å². The summed E-state index contributed by atoms with van der Waals surface area (Å²) >= 11 is 0. The summed E-state index contributed by atoms with van der Waals surface area (Å²) < 4.78 is 0. The third-order valence-electron chi connectivity index (χ3n) is 6.26. The zero-order chi connectivity index (χ0) is 20.8. The van der Waals surface area contributed by atoms with Gasteiger partial charge in [-0.15, -0.1) is 0 Å². The first-order valence-corrected chi connectivity index (χ1v) is 11.3. The Balaban J connectivity index is 1.31. The molecule has 0 amide bonds. The van der Waals surface area contributed by atoms with Crippen LogP contribution in [0.1, 0.15) is 53.1 Å². The van der Waals surface area contributed by atoms with E-state index in [1.165, 1.54) is 45.4 Å². The number of nitrogens with one attached hydrogen (secondary N) is 1. The number of benzene rings is 3. The topological polar surface area (TPSA) is 12.0 Å². The van der Waals surface area contributed by atoms with Gasteiger partial charge in [-0.05, 0) is 71.9 Å². The molecule has 0 radical (unpaired) electrons. The predicted molar refractivity (Wildman–Crippen MR) is 128 cm³/mol. The van der Waals surface area contributed by atoms with Crippen molar-refractivity contribution in [2.75, 3.05) is 6.54 Å². The average molecular weight is 396 g/mol. The van der Waals surface area contributed by atoms with Gasteiger partial charge >= 0.3 is 0 Å². The Morgan fingerprint density at radius 1 is 0.700 bits per heavy atom. The van der Waals surface area contributed by atoms with E-state index in [4.69, 9.17) is 0 Å². The number of piperidine rings is 1. The lowest BCUT2D eigenvalue weighted by Gasteiger charge is -2.25. The Labute approximate surface area is 181 Å². The Morgan fingerprint density at radius 3 is 1.53 bits per heavy atom. The second-order valence-corrected chi connectivity index (χ2v) is 8.73. The molecule has 1 heteroatoms. The summed E-state index contributed by atoms with van der Waals surface area (Å²) in [6, 6.07) is 27.9. The molecule has 30 heavy (non-hydrogen) atoms. The Morgan fingerprint density at radius 2 is 1.13 bits per heavy atom. The highest BCUT2D eigenvalue weighted by molar-refractivity contribution is 5.33. The van der Waals surface area contributed by atoms with Gasteiger partial charge in [0.05, 0.1) is 0 Å². The fourth-order valence-corrected chi connectivity index (χ4v) is 4.25. The van der Waals surface area contributed by atoms with Gasteiger partial charge in [-0.2, -0.15) is 0 Å². The van der Waals surface area contributed by atoms with E-state index in [0.717, 1.165) is 38.6 Å². The third-order valence-corrected chi connectivity index (χ3v) is 6.26. The molecule has 1 aliphatic heterocycles. The summed E-state index contributed by atoms with van der Waals surface area (Å²) in [4.78, 5) is 0. The van der Waals surface area contributed by atoms with Gasteiger partial charge in [0.25, 0.3) is 0 Å². The van der Waals surface area contributed by atoms with Crippen molar-refractivity contribution >= 4 is 0 Å². The summed E-state index contributed by atoms with van der Waals surface area (Å²) in [5.41, 5.74) is 9.68. The summed E-state index contributed by atoms with van der Waals surface area (Å²) in [7, 11) is 0. The van der Waals surface area contributed by atoms with Gasteiger partial charge in [-0.3, -0.25) is 0 Å². The van der Waals surface area contributed by atoms with Crippen LogP contribution in [0, 0.1) is 0 Å². The van der Waals surface area contributed by atoms with E-state index >= 15 is 0 Å². The quantitative estimate of drug-likeness (QED) is 0.464. The molecule has 1 N–H and O–H groups in total. The van der Waals surface area contributed by atoms with Crippen molar-refractivity contribution in [3.05, 3.63) is 118 Å². The van der Waals surface area contributed by atoms with Gasteiger partial charge in [-0.1, -0.05) is 91.9 Å². The highest BCUT2D eigenvalue weighted by atomic mass is 14.9. The number of hydrogen-bond acceptors (Lipinski definition) is 1. The minimum Gasteiger partial charge on any atom is -0.310 e. The minimum absolute atomic E-state index is 0.590. The van der Waals surface area contributed by atoms with Crippen molar-refractivity contribution in [2.24, 2.45) is 0 Å². The van der Waals surface area contributed by atoms with Crippen molar-refractivity contribution < 1.29 is 0 Å². The van der Waals surface area contributed by atoms with E-state index in [-0.39, 0.29) is 0 Å². The van der Waals surface area contributed by atoms with Gasteiger partial charge in [-0.25, -0.2) is 0 Å². The van der Waals surface area contributed by atoms with E-state index in [0.29, 0.717) is 6.04 Å². The molecule has 0 spiro atoms. The zero-order valence-electron chi connectivity index (χ0n) is 18.2. The monoisotopic (exact) mass is 395 g/mol. The van der Waals surface area contributed by atoms with Gasteiger partial charge < -0.3 is 5.32 Å². The second-order valence-electron chi connectivity index (χ2n) is 8.73. The van der Waals surface area contributed by atoms with E-state index in [1.54, 1.807) is 0 Å². The fraction of sp³-hybridized carbons (Fsp3) is 0.310. The van der Waals surface area contributed by atoms with E-state index < -0.39 is 0 Å². The molecule has 3 aromatic carbocycles. The molecule has 1 nitrogen and oxygen atoms in total. The second kappa shape index (κ2) is 9.91. The van der Waals surface area contributed by atoms with Crippen LogP contribution in [0.4, 0.5) is 0 Å². The first-order valence-electron chi connectivity index (χ1n) is 11.3. The fourth-order valence-electron chi connectivity index (χ4n) is 4.25. The van der Waals surface area contributed by atoms with Crippen LogP contribution >= 0.6 is 0 Å². The molecule has 3 aromatic rings. The normalized spacial score (nSPS) is 16.6. The molecule has 1 atom stereocenters. The van der Waals surface area contributed by atoms with Gasteiger partial charge in [0.15, 0.2) is 0 Å². The standard InChI is InChI=1S/C29H33N/c1-3-23-5-7-24(8-6-23)18-25-9-11-26(12-10-25)19-27-13-15-28(16-14-27)20-29-17-4-22(2)21-30-29/h5-16,29-30H,2-4,17-21H2,1H3. The number of hydrogen-bond donors (Lipinski definition) is 1. The van der Waals surface area contributed by atoms with Gasteiger partial charge in [0.1, 0.15) is 0 Å². The average Bonchev–Trinajstić information content (AvgIpc) is 2.78. The molecule has 0 bridgehead atoms. The third kappa shape index (κ3) is 5.70. The van der Waals surface area contributed by atoms with Gasteiger partial charge in [0.2, 0.25) is 0 Å². The first kappa shape index (κ1) is 20.6. The Hall–Kier alpha value is -2.64. The summed E-state index contributed by atoms with van der Waals surface area (Å²) in [5.74, 6) is 0. The van der Waals surface area contributed by atoms with Crippen LogP contribution < -0.4 is 5.32 Å². The maximum atomic E-state index is 4.08. The lowest BCUT2D eigenvalue weighted by Crippen LogP contribution is -2.36. The molecule has 0 saturated carbocycles. The lowest BCUT2D eigenvalue weighted by molar-refractivity contribution is 0.454. The first-order chi connectivity index (χ1) is 14.7. The van der Waals surface area contributed by atoms with Gasteiger partial charge in [0, 0.05) is 12.6 Å². The molecule has 1 fully saturated rings. The number of aryl methyl sites for hydroxylation is 1. The van der Waals surface area contributed by atoms with Crippen molar-refractivity contribution in [3.8, 4) is 0 Å². The summed E-state index contributed by atoms with van der Waals surface area (Å²) in [6.45, 7) is 7.25. The van der Waals surface area contributed by atoms with Crippen LogP contribution in [0.2, 0.25) is 0 Å². The largest absolute Gasteiger partial charge is 0.310 e. The molecule has 154 valence electrons. The predicted octanol–water partition coefficient (Wildman–Crippen LogP) is 6.28. The molecule has 0 aliphatic carbocycles. The number of rotatable bonds is 7. The molecule has 0 aromatic heterocycles. The lowest BCUT2D eigenvalue weighted by atomic mass is 9.94. The van der Waals surface area contributed by atoms with Crippen molar-refractivity contribution in [2.45, 2.75) is 51.5 Å². The molecular formula is C29H33N. The maximum Gasteiger partial charge on any atom is 0.0164 e. The van der Waals surface area contributed by atoms with Crippen LogP contribution in [-0.2, 0) is 25.7 Å². The highest BCUT2D eigenvalue weighted by Crippen LogP contribution is 2.18. The molecule has 1 heterocycles. The summed E-state index contributed by atoms with van der Waals surface area (Å²) in [6.07, 6.45) is 6.57. The van der Waals surface area contributed by atoms with E-state index in [1.807, 2.05) is 0 Å². The maximum absolute atomic E-state index is 4.08. The minimum atomic E-state index is 0.590. The van der Waals surface area contributed by atoms with Crippen LogP contribution in [-0.4, -0.2) is 12.6 Å². The molecule has 1 saturated heterocycles. The van der Waals surface area contributed by atoms with Crippen LogP contribution in [0.25, 0.3) is 0 Å².